The van der Waals surface area contributed by atoms with Crippen molar-refractivity contribution in [2.75, 3.05) is 9.80 Å². The lowest BCUT2D eigenvalue weighted by molar-refractivity contribution is 1.18. The van der Waals surface area contributed by atoms with Crippen LogP contribution in [0.25, 0.3) is 70.5 Å². The van der Waals surface area contributed by atoms with E-state index in [1.54, 1.807) is 11.3 Å². The van der Waals surface area contributed by atoms with Gasteiger partial charge in [0.15, 0.2) is 0 Å². The van der Waals surface area contributed by atoms with Gasteiger partial charge in [0.25, 0.3) is 0 Å². The summed E-state index contributed by atoms with van der Waals surface area (Å²) in [5.74, 6) is 0. The zero-order valence-electron chi connectivity index (χ0n) is 35.9. The average Bonchev–Trinajstić information content (AvgIpc) is 3.99. The number of anilines is 6. The lowest BCUT2D eigenvalue weighted by atomic mass is 9.98. The third-order valence-electron chi connectivity index (χ3n) is 12.4. The summed E-state index contributed by atoms with van der Waals surface area (Å²) >= 11 is 1.76. The smallest absolute Gasteiger partial charge is 0.124 e. The molecule has 312 valence electrons. The highest BCUT2D eigenvalue weighted by Crippen LogP contribution is 2.44. The van der Waals surface area contributed by atoms with Gasteiger partial charge in [0.2, 0.25) is 0 Å². The van der Waals surface area contributed by atoms with Gasteiger partial charge in [-0.05, 0) is 120 Å². The largest absolute Gasteiger partial charge is 0.311 e. The molecule has 5 heteroatoms. The van der Waals surface area contributed by atoms with Crippen LogP contribution in [0.2, 0.25) is 0 Å². The maximum absolute atomic E-state index is 5.51. The minimum Gasteiger partial charge on any atom is -0.311 e. The van der Waals surface area contributed by atoms with Crippen LogP contribution in [0.1, 0.15) is 0 Å². The van der Waals surface area contributed by atoms with Gasteiger partial charge in [-0.15, -0.1) is 11.3 Å². The monoisotopic (exact) mass is 862 g/mol. The Labute approximate surface area is 388 Å². The Hall–Kier alpha value is -8.51. The summed E-state index contributed by atoms with van der Waals surface area (Å²) in [6.07, 6.45) is 0. The van der Waals surface area contributed by atoms with Crippen LogP contribution >= 0.6 is 11.3 Å². The molecular formula is C61H42N4S. The molecule has 0 atom stereocenters. The van der Waals surface area contributed by atoms with E-state index in [1.807, 2.05) is 0 Å². The summed E-state index contributed by atoms with van der Waals surface area (Å²) < 4.78 is 3.52. The number of rotatable bonds is 10. The number of nitrogens with zero attached hydrogens (tertiary/aromatic N) is 4. The van der Waals surface area contributed by atoms with Gasteiger partial charge in [-0.1, -0.05) is 146 Å². The van der Waals surface area contributed by atoms with Gasteiger partial charge in [-0.25, -0.2) is 4.98 Å². The predicted molar refractivity (Wildman–Crippen MR) is 280 cm³/mol. The van der Waals surface area contributed by atoms with Crippen molar-refractivity contribution < 1.29 is 0 Å². The van der Waals surface area contributed by atoms with Crippen LogP contribution in [0.4, 0.5) is 34.1 Å². The molecule has 0 spiro atoms. The molecule has 0 aliphatic carbocycles. The van der Waals surface area contributed by atoms with E-state index >= 15 is 0 Å². The summed E-state index contributed by atoms with van der Waals surface area (Å²) in [5.41, 5.74) is 16.8. The SMILES string of the molecule is c1ccc(N(c2ccccc2)c2ccc(-c3ccc(-c4ccc(N(c5ccccc5)c5ccccc5)cc4)c4sc(-c5ccc(-n6c7ccccc7c7ccccc76)cc5)nc34)cc2)cc1. The first-order valence-corrected chi connectivity index (χ1v) is 23.1. The molecule has 10 aromatic carbocycles. The van der Waals surface area contributed by atoms with Gasteiger partial charge < -0.3 is 14.4 Å². The topological polar surface area (TPSA) is 24.3 Å². The number of hydrogen-bond donors (Lipinski definition) is 0. The molecule has 66 heavy (non-hydrogen) atoms. The Morgan fingerprint density at radius 2 is 0.682 bits per heavy atom. The van der Waals surface area contributed by atoms with E-state index in [9.17, 15) is 0 Å². The zero-order valence-corrected chi connectivity index (χ0v) is 36.8. The molecule has 0 saturated heterocycles. The van der Waals surface area contributed by atoms with Crippen LogP contribution in [0.3, 0.4) is 0 Å². The minimum absolute atomic E-state index is 0.986. The second kappa shape index (κ2) is 16.9. The molecule has 12 rings (SSSR count). The fourth-order valence-corrected chi connectivity index (χ4v) is 10.5. The lowest BCUT2D eigenvalue weighted by Gasteiger charge is -2.25. The molecule has 0 aliphatic rings. The molecule has 2 heterocycles. The zero-order chi connectivity index (χ0) is 43.8. The minimum atomic E-state index is 0.986. The van der Waals surface area contributed by atoms with Crippen LogP contribution in [0, 0.1) is 0 Å². The van der Waals surface area contributed by atoms with E-state index in [0.717, 1.165) is 82.9 Å². The number of benzene rings is 10. The van der Waals surface area contributed by atoms with Crippen LogP contribution in [0.5, 0.6) is 0 Å². The van der Waals surface area contributed by atoms with Gasteiger partial charge in [0.05, 0.1) is 21.3 Å². The van der Waals surface area contributed by atoms with Crippen molar-refractivity contribution in [1.82, 2.24) is 9.55 Å². The van der Waals surface area contributed by atoms with Crippen LogP contribution in [0.15, 0.2) is 255 Å². The molecule has 0 fully saturated rings. The van der Waals surface area contributed by atoms with Crippen molar-refractivity contribution >= 4 is 77.5 Å². The molecule has 0 aliphatic heterocycles. The summed E-state index contributed by atoms with van der Waals surface area (Å²) in [6.45, 7) is 0. The fourth-order valence-electron chi connectivity index (χ4n) is 9.33. The Morgan fingerprint density at radius 1 is 0.318 bits per heavy atom. The number of fused-ring (bicyclic) bond motifs is 4. The van der Waals surface area contributed by atoms with Gasteiger partial charge in [0.1, 0.15) is 5.01 Å². The number of thiazole rings is 1. The van der Waals surface area contributed by atoms with Crippen molar-refractivity contribution in [1.29, 1.82) is 0 Å². The molecule has 12 aromatic rings. The molecule has 0 bridgehead atoms. The summed E-state index contributed by atoms with van der Waals surface area (Å²) in [4.78, 5) is 10.1. The average molecular weight is 863 g/mol. The molecule has 0 amide bonds. The van der Waals surface area contributed by atoms with Gasteiger partial charge in [0, 0.05) is 67.3 Å². The van der Waals surface area contributed by atoms with E-state index in [-0.39, 0.29) is 0 Å². The standard InChI is InChI=1S/C61H42N4S/c1-5-17-46(18-6-1)63(47-19-7-2-8-20-47)50-35-29-43(30-36-50)53-41-42-54(44-31-37-51(38-32-44)64(48-21-9-3-10-22-48)49-23-11-4-12-24-49)60-59(53)62-61(66-60)45-33-39-52(40-34-45)65-57-27-15-13-25-55(57)56-26-14-16-28-58(56)65/h1-42H. The molecular weight excluding hydrogens is 821 g/mol. The van der Waals surface area contributed by atoms with Crippen LogP contribution in [-0.4, -0.2) is 9.55 Å². The Balaban J connectivity index is 0.963. The van der Waals surface area contributed by atoms with Crippen molar-refractivity contribution in [2.45, 2.75) is 0 Å². The molecule has 0 unspecified atom stereocenters. The lowest BCUT2D eigenvalue weighted by Crippen LogP contribution is -2.09. The third kappa shape index (κ3) is 7.09. The first-order chi connectivity index (χ1) is 32.7. The highest BCUT2D eigenvalue weighted by atomic mass is 32.1. The van der Waals surface area contributed by atoms with Gasteiger partial charge in [-0.3, -0.25) is 0 Å². The molecule has 4 nitrogen and oxygen atoms in total. The van der Waals surface area contributed by atoms with Crippen molar-refractivity contribution in [2.24, 2.45) is 0 Å². The summed E-state index contributed by atoms with van der Waals surface area (Å²) in [6, 6.07) is 90.9. The second-order valence-electron chi connectivity index (χ2n) is 16.4. The van der Waals surface area contributed by atoms with Crippen LogP contribution < -0.4 is 9.80 Å². The van der Waals surface area contributed by atoms with E-state index in [4.69, 9.17) is 4.98 Å². The second-order valence-corrected chi connectivity index (χ2v) is 17.4. The highest BCUT2D eigenvalue weighted by molar-refractivity contribution is 7.22. The molecule has 0 N–H and O–H groups in total. The van der Waals surface area contributed by atoms with Gasteiger partial charge >= 0.3 is 0 Å². The highest BCUT2D eigenvalue weighted by Gasteiger charge is 2.20. The molecule has 2 aromatic heterocycles. The van der Waals surface area contributed by atoms with E-state index in [1.165, 1.54) is 21.8 Å². The third-order valence-corrected chi connectivity index (χ3v) is 13.6. The van der Waals surface area contributed by atoms with Crippen molar-refractivity contribution in [3.63, 3.8) is 0 Å². The number of aromatic nitrogens is 2. The predicted octanol–water partition coefficient (Wildman–Crippen LogP) is 17.3. The van der Waals surface area contributed by atoms with Gasteiger partial charge in [-0.2, -0.15) is 0 Å². The molecule has 0 radical (unpaired) electrons. The Morgan fingerprint density at radius 3 is 1.14 bits per heavy atom. The Kier molecular flexibility index (Phi) is 10.0. The van der Waals surface area contributed by atoms with Crippen LogP contribution in [-0.2, 0) is 0 Å². The maximum atomic E-state index is 5.51. The summed E-state index contributed by atoms with van der Waals surface area (Å²) in [5, 5.41) is 3.50. The first kappa shape index (κ1) is 39.1. The van der Waals surface area contributed by atoms with Crippen molar-refractivity contribution in [3.8, 4) is 38.5 Å². The molecule has 0 saturated carbocycles. The van der Waals surface area contributed by atoms with E-state index in [2.05, 4.69) is 269 Å². The van der Waals surface area contributed by atoms with E-state index in [0.29, 0.717) is 0 Å². The van der Waals surface area contributed by atoms with Crippen molar-refractivity contribution in [3.05, 3.63) is 255 Å². The normalized spacial score (nSPS) is 11.3. The quantitative estimate of drug-likeness (QED) is 0.137. The maximum Gasteiger partial charge on any atom is 0.124 e. The first-order valence-electron chi connectivity index (χ1n) is 22.3. The van der Waals surface area contributed by atoms with E-state index < -0.39 is 0 Å². The fraction of sp³-hybridized carbons (Fsp3) is 0. The number of hydrogen-bond acceptors (Lipinski definition) is 4. The number of para-hydroxylation sites is 6. The Bertz CT molecular complexity index is 3310. The summed E-state index contributed by atoms with van der Waals surface area (Å²) in [7, 11) is 0.